The van der Waals surface area contributed by atoms with Crippen LogP contribution in [0, 0.1) is 28.6 Å². The smallest absolute Gasteiger partial charge is 0.323 e. The molecule has 2 saturated carbocycles. The van der Waals surface area contributed by atoms with E-state index in [1.54, 1.807) is 11.8 Å². The van der Waals surface area contributed by atoms with E-state index in [4.69, 9.17) is 10.5 Å². The molecule has 0 aromatic carbocycles. The maximum atomic E-state index is 12.5. The molecule has 5 rings (SSSR count). The van der Waals surface area contributed by atoms with Crippen molar-refractivity contribution in [1.29, 1.82) is 0 Å². The highest BCUT2D eigenvalue weighted by Crippen LogP contribution is 2.66. The zero-order valence-corrected chi connectivity index (χ0v) is 21.8. The van der Waals surface area contributed by atoms with Gasteiger partial charge in [-0.25, -0.2) is 0 Å². The summed E-state index contributed by atoms with van der Waals surface area (Å²) in [6, 6.07) is 3.80. The van der Waals surface area contributed by atoms with Gasteiger partial charge in [0.05, 0.1) is 0 Å². The molecule has 1 aromatic rings. The zero-order chi connectivity index (χ0) is 23.9. The Bertz CT molecular complexity index is 976. The molecule has 0 unspecified atom stereocenters. The van der Waals surface area contributed by atoms with Gasteiger partial charge in [-0.2, -0.15) is 11.8 Å². The highest BCUT2D eigenvalue weighted by atomic mass is 32.2. The van der Waals surface area contributed by atoms with Crippen LogP contribution in [0.3, 0.4) is 0 Å². The fraction of sp³-hybridized carbons (Fsp3) is 0.655. The second-order valence-corrected chi connectivity index (χ2v) is 12.5. The van der Waals surface area contributed by atoms with Crippen LogP contribution in [-0.4, -0.2) is 35.1 Å². The minimum atomic E-state index is -0.495. The van der Waals surface area contributed by atoms with Gasteiger partial charge in [-0.3, -0.25) is 9.78 Å². The maximum absolute atomic E-state index is 12.5. The van der Waals surface area contributed by atoms with Crippen molar-refractivity contribution in [2.24, 2.45) is 34.3 Å². The number of hydrogen-bond donors (Lipinski definition) is 1. The predicted molar refractivity (Wildman–Crippen MR) is 140 cm³/mol. The van der Waals surface area contributed by atoms with Gasteiger partial charge in [0.15, 0.2) is 0 Å². The number of aromatic nitrogens is 1. The lowest BCUT2D eigenvalue weighted by Crippen LogP contribution is -2.50. The van der Waals surface area contributed by atoms with Gasteiger partial charge in [-0.05, 0) is 103 Å². The molecule has 7 atom stereocenters. The van der Waals surface area contributed by atoms with Crippen LogP contribution < -0.4 is 5.73 Å². The number of carbonyl (C=O) groups is 1. The Labute approximate surface area is 209 Å². The lowest BCUT2D eigenvalue weighted by Gasteiger charge is -2.57. The SMILES string of the molecule is CSCC[C@@H](N)C(=O)O[C@H]1CC[C@@]2(C)C(=CC[C@@H]3[C@@H]2CC[C@]2(C)C(c4cccnc4)=CC[C@@H]32)C1. The molecule has 4 aliphatic carbocycles. The van der Waals surface area contributed by atoms with E-state index in [0.717, 1.165) is 43.3 Å². The average molecular weight is 481 g/mol. The number of hydrogen-bond acceptors (Lipinski definition) is 5. The Morgan fingerprint density at radius 3 is 2.79 bits per heavy atom. The van der Waals surface area contributed by atoms with Crippen molar-refractivity contribution in [1.82, 2.24) is 4.98 Å². The van der Waals surface area contributed by atoms with Crippen LogP contribution in [0.2, 0.25) is 0 Å². The van der Waals surface area contributed by atoms with Crippen LogP contribution in [0.15, 0.2) is 42.3 Å². The van der Waals surface area contributed by atoms with Gasteiger partial charge in [0.2, 0.25) is 0 Å². The highest BCUT2D eigenvalue weighted by Gasteiger charge is 2.57. The van der Waals surface area contributed by atoms with E-state index in [2.05, 4.69) is 43.1 Å². The first-order valence-electron chi connectivity index (χ1n) is 13.1. The number of nitrogens with two attached hydrogens (primary N) is 1. The van der Waals surface area contributed by atoms with E-state index < -0.39 is 6.04 Å². The summed E-state index contributed by atoms with van der Waals surface area (Å²) >= 11 is 1.72. The molecule has 0 saturated heterocycles. The highest BCUT2D eigenvalue weighted by molar-refractivity contribution is 7.98. The molecule has 0 amide bonds. The van der Waals surface area contributed by atoms with Gasteiger partial charge >= 0.3 is 5.97 Å². The molecule has 1 heterocycles. The van der Waals surface area contributed by atoms with Crippen LogP contribution in [0.4, 0.5) is 0 Å². The monoisotopic (exact) mass is 480 g/mol. The number of fused-ring (bicyclic) bond motifs is 5. The first kappa shape index (κ1) is 24.1. The minimum Gasteiger partial charge on any atom is -0.461 e. The van der Waals surface area contributed by atoms with Gasteiger partial charge in [-0.1, -0.05) is 37.6 Å². The van der Waals surface area contributed by atoms with E-state index in [0.29, 0.717) is 12.3 Å². The van der Waals surface area contributed by atoms with Crippen molar-refractivity contribution < 1.29 is 9.53 Å². The summed E-state index contributed by atoms with van der Waals surface area (Å²) in [4.78, 5) is 16.9. The van der Waals surface area contributed by atoms with Gasteiger partial charge in [-0.15, -0.1) is 0 Å². The Morgan fingerprint density at radius 1 is 1.21 bits per heavy atom. The standard InChI is InChI=1S/C29H40N2O2S/c1-28-13-10-21(33-27(32)26(30)12-16-34-3)17-20(28)6-7-22-24-9-8-23(19-5-4-15-31-18-19)29(24,2)14-11-25(22)28/h4-6,8,15,18,21-22,24-26H,7,9-14,16-17,30H2,1-3H3/t21-,22-,24-,25-,26+,28-,29+/m0/s1. The first-order chi connectivity index (χ1) is 16.4. The van der Waals surface area contributed by atoms with Crippen LogP contribution in [-0.2, 0) is 9.53 Å². The quantitative estimate of drug-likeness (QED) is 0.398. The second-order valence-electron chi connectivity index (χ2n) is 11.5. The summed E-state index contributed by atoms with van der Waals surface area (Å²) in [5.41, 5.74) is 10.9. The molecule has 5 heteroatoms. The van der Waals surface area contributed by atoms with Crippen molar-refractivity contribution >= 4 is 23.3 Å². The molecule has 0 aliphatic heterocycles. The third kappa shape index (κ3) is 4.07. The van der Waals surface area contributed by atoms with Crippen LogP contribution in [0.1, 0.15) is 70.8 Å². The molecule has 4 nitrogen and oxygen atoms in total. The number of thioether (sulfide) groups is 1. The molecular formula is C29H40N2O2S. The number of pyridine rings is 1. The summed E-state index contributed by atoms with van der Waals surface area (Å²) < 4.78 is 5.90. The molecule has 34 heavy (non-hydrogen) atoms. The Balaban J connectivity index is 1.29. The van der Waals surface area contributed by atoms with Crippen LogP contribution in [0.25, 0.3) is 5.57 Å². The molecule has 0 bridgehead atoms. The molecule has 4 aliphatic rings. The van der Waals surface area contributed by atoms with Gasteiger partial charge in [0.1, 0.15) is 12.1 Å². The number of esters is 1. The molecule has 184 valence electrons. The summed E-state index contributed by atoms with van der Waals surface area (Å²) in [7, 11) is 0. The third-order valence-electron chi connectivity index (χ3n) is 9.83. The number of nitrogens with zero attached hydrogens (tertiary/aromatic N) is 1. The van der Waals surface area contributed by atoms with Gasteiger partial charge in [0.25, 0.3) is 0 Å². The van der Waals surface area contributed by atoms with Crippen molar-refractivity contribution in [3.8, 4) is 0 Å². The van der Waals surface area contributed by atoms with E-state index in [9.17, 15) is 4.79 Å². The summed E-state index contributed by atoms with van der Waals surface area (Å²) in [6.07, 6.45) is 19.5. The Kier molecular flexibility index (Phi) is 6.71. The zero-order valence-electron chi connectivity index (χ0n) is 21.0. The minimum absolute atomic E-state index is 0.0112. The van der Waals surface area contributed by atoms with Crippen molar-refractivity contribution in [3.05, 3.63) is 47.8 Å². The topological polar surface area (TPSA) is 65.2 Å². The molecule has 0 radical (unpaired) electrons. The maximum Gasteiger partial charge on any atom is 0.323 e. The van der Waals surface area contributed by atoms with Crippen molar-refractivity contribution in [2.75, 3.05) is 12.0 Å². The summed E-state index contributed by atoms with van der Waals surface area (Å²) in [5.74, 6) is 2.85. The number of ether oxygens (including phenoxy) is 1. The van der Waals surface area contributed by atoms with Crippen LogP contribution in [0.5, 0.6) is 0 Å². The normalized spacial score (nSPS) is 37.5. The van der Waals surface area contributed by atoms with E-state index in [-0.39, 0.29) is 22.9 Å². The van der Waals surface area contributed by atoms with Crippen LogP contribution >= 0.6 is 11.8 Å². The number of rotatable bonds is 6. The van der Waals surface area contributed by atoms with Gasteiger partial charge in [0, 0.05) is 18.8 Å². The predicted octanol–water partition coefficient (Wildman–Crippen LogP) is 6.03. The molecular weight excluding hydrogens is 440 g/mol. The van der Waals surface area contributed by atoms with E-state index in [1.165, 1.54) is 36.0 Å². The average Bonchev–Trinajstić information content (AvgIpc) is 3.20. The van der Waals surface area contributed by atoms with Crippen molar-refractivity contribution in [2.45, 2.75) is 77.4 Å². The number of carbonyl (C=O) groups excluding carboxylic acids is 1. The summed E-state index contributed by atoms with van der Waals surface area (Å²) in [6.45, 7) is 5.02. The lowest BCUT2D eigenvalue weighted by atomic mass is 9.47. The third-order valence-corrected chi connectivity index (χ3v) is 10.5. The van der Waals surface area contributed by atoms with Crippen molar-refractivity contribution in [3.63, 3.8) is 0 Å². The van der Waals surface area contributed by atoms with E-state index >= 15 is 0 Å². The first-order valence-corrected chi connectivity index (χ1v) is 14.5. The summed E-state index contributed by atoms with van der Waals surface area (Å²) in [5, 5.41) is 0. The van der Waals surface area contributed by atoms with E-state index in [1.807, 2.05) is 18.6 Å². The fourth-order valence-electron chi connectivity index (χ4n) is 7.88. The largest absolute Gasteiger partial charge is 0.461 e. The molecule has 1 aromatic heterocycles. The number of allylic oxidation sites excluding steroid dienone is 3. The Morgan fingerprint density at radius 2 is 2.03 bits per heavy atom. The van der Waals surface area contributed by atoms with Gasteiger partial charge < -0.3 is 10.5 Å². The molecule has 2 fully saturated rings. The molecule has 2 N–H and O–H groups in total. The molecule has 0 spiro atoms. The second kappa shape index (κ2) is 9.46. The Hall–Kier alpha value is -1.59. The lowest BCUT2D eigenvalue weighted by molar-refractivity contribution is -0.153. The fourth-order valence-corrected chi connectivity index (χ4v) is 8.37.